The third kappa shape index (κ3) is 4.11. The molecule has 2 aliphatic heterocycles. The van der Waals surface area contributed by atoms with Crippen LogP contribution in [0.15, 0.2) is 0 Å². The summed E-state index contributed by atoms with van der Waals surface area (Å²) in [5.74, 6) is 0.318. The fourth-order valence-corrected chi connectivity index (χ4v) is 2.87. The molecule has 0 aromatic carbocycles. The fraction of sp³-hybridized carbons (Fsp3) is 0.923. The summed E-state index contributed by atoms with van der Waals surface area (Å²) in [6.07, 6.45) is 5.30. The second-order valence-corrected chi connectivity index (χ2v) is 5.54. The van der Waals surface area contributed by atoms with Crippen molar-refractivity contribution < 1.29 is 4.79 Å². The average molecular weight is 276 g/mol. The van der Waals surface area contributed by atoms with Crippen molar-refractivity contribution in [3.05, 3.63) is 0 Å². The molecule has 0 aliphatic carbocycles. The van der Waals surface area contributed by atoms with E-state index in [0.717, 1.165) is 38.9 Å². The summed E-state index contributed by atoms with van der Waals surface area (Å²) in [4.78, 5) is 16.5. The van der Waals surface area contributed by atoms with Gasteiger partial charge in [-0.2, -0.15) is 0 Å². The number of piperidine rings is 1. The van der Waals surface area contributed by atoms with E-state index in [1.54, 1.807) is 0 Å². The molecule has 18 heavy (non-hydrogen) atoms. The van der Waals surface area contributed by atoms with E-state index in [1.807, 2.05) is 11.9 Å². The summed E-state index contributed by atoms with van der Waals surface area (Å²) in [6.45, 7) is 3.31. The molecule has 2 aliphatic rings. The van der Waals surface area contributed by atoms with Gasteiger partial charge in [0.05, 0.1) is 0 Å². The summed E-state index contributed by atoms with van der Waals surface area (Å²) >= 11 is 0. The molecule has 1 amide bonds. The van der Waals surface area contributed by atoms with Gasteiger partial charge in [0, 0.05) is 25.6 Å². The number of likely N-dealkylation sites (tertiary alicyclic amines) is 1. The molecule has 2 saturated heterocycles. The van der Waals surface area contributed by atoms with Crippen molar-refractivity contribution in [2.75, 3.05) is 33.7 Å². The maximum atomic E-state index is 12.2. The Morgan fingerprint density at radius 2 is 2.00 bits per heavy atom. The molecule has 4 nitrogen and oxygen atoms in total. The van der Waals surface area contributed by atoms with Crippen LogP contribution in [0.4, 0.5) is 0 Å². The number of hydrogen-bond acceptors (Lipinski definition) is 3. The molecule has 2 rings (SSSR count). The van der Waals surface area contributed by atoms with Crippen LogP contribution >= 0.6 is 12.4 Å². The van der Waals surface area contributed by atoms with Crippen molar-refractivity contribution in [2.24, 2.45) is 0 Å². The second kappa shape index (κ2) is 7.31. The zero-order valence-corrected chi connectivity index (χ0v) is 12.3. The summed E-state index contributed by atoms with van der Waals surface area (Å²) in [6, 6.07) is 0.885. The molecule has 2 fully saturated rings. The normalized spacial score (nSPS) is 25.8. The lowest BCUT2D eigenvalue weighted by Crippen LogP contribution is -2.45. The Morgan fingerprint density at radius 1 is 1.33 bits per heavy atom. The van der Waals surface area contributed by atoms with Gasteiger partial charge in [-0.15, -0.1) is 12.4 Å². The van der Waals surface area contributed by atoms with Crippen molar-refractivity contribution in [2.45, 2.75) is 44.2 Å². The summed E-state index contributed by atoms with van der Waals surface area (Å²) in [7, 11) is 4.13. The minimum atomic E-state index is 0. The second-order valence-electron chi connectivity index (χ2n) is 5.54. The number of carbonyl (C=O) groups excluding carboxylic acids is 1. The van der Waals surface area contributed by atoms with E-state index in [-0.39, 0.29) is 12.4 Å². The summed E-state index contributed by atoms with van der Waals surface area (Å²) in [5.41, 5.74) is 0. The molecule has 2 heterocycles. The highest BCUT2D eigenvalue weighted by Gasteiger charge is 2.26. The van der Waals surface area contributed by atoms with E-state index in [4.69, 9.17) is 0 Å². The lowest BCUT2D eigenvalue weighted by atomic mass is 10.0. The summed E-state index contributed by atoms with van der Waals surface area (Å²) < 4.78 is 0. The number of nitrogens with one attached hydrogen (secondary N) is 1. The zero-order chi connectivity index (χ0) is 12.3. The topological polar surface area (TPSA) is 35.6 Å². The van der Waals surface area contributed by atoms with E-state index in [9.17, 15) is 4.79 Å². The van der Waals surface area contributed by atoms with Crippen LogP contribution in [0.5, 0.6) is 0 Å². The summed E-state index contributed by atoms with van der Waals surface area (Å²) in [5, 5.41) is 3.40. The van der Waals surface area contributed by atoms with Crippen molar-refractivity contribution in [1.82, 2.24) is 15.1 Å². The van der Waals surface area contributed by atoms with Gasteiger partial charge in [-0.3, -0.25) is 4.79 Å². The monoisotopic (exact) mass is 275 g/mol. The lowest BCUT2D eigenvalue weighted by molar-refractivity contribution is -0.133. The van der Waals surface area contributed by atoms with Gasteiger partial charge in [-0.05, 0) is 52.4 Å². The zero-order valence-electron chi connectivity index (χ0n) is 11.5. The van der Waals surface area contributed by atoms with Crippen molar-refractivity contribution in [3.8, 4) is 0 Å². The van der Waals surface area contributed by atoms with Crippen molar-refractivity contribution in [1.29, 1.82) is 0 Å². The first kappa shape index (κ1) is 15.7. The van der Waals surface area contributed by atoms with Crippen LogP contribution in [-0.2, 0) is 4.79 Å². The predicted molar refractivity (Wildman–Crippen MR) is 76.2 cm³/mol. The molecule has 0 bridgehead atoms. The minimum absolute atomic E-state index is 0. The molecule has 1 N–H and O–H groups in total. The molecule has 0 spiro atoms. The number of carbonyl (C=O) groups is 1. The Bertz CT molecular complexity index is 261. The van der Waals surface area contributed by atoms with Crippen LogP contribution < -0.4 is 5.32 Å². The predicted octanol–water partition coefficient (Wildman–Crippen LogP) is 1.10. The highest BCUT2D eigenvalue weighted by atomic mass is 35.5. The molecule has 0 aromatic rings. The first-order valence-electron chi connectivity index (χ1n) is 6.84. The Kier molecular flexibility index (Phi) is 6.39. The molecular weight excluding hydrogens is 250 g/mol. The number of amides is 1. The highest BCUT2D eigenvalue weighted by Crippen LogP contribution is 2.17. The molecule has 106 valence electrons. The van der Waals surface area contributed by atoms with E-state index >= 15 is 0 Å². The van der Waals surface area contributed by atoms with Crippen LogP contribution in [0.3, 0.4) is 0 Å². The maximum Gasteiger partial charge on any atom is 0.224 e. The Hall–Kier alpha value is -0.320. The number of halogens is 1. The average Bonchev–Trinajstić information content (AvgIpc) is 2.82. The van der Waals surface area contributed by atoms with Crippen LogP contribution in [0.1, 0.15) is 32.1 Å². The van der Waals surface area contributed by atoms with Crippen LogP contribution in [0, 0.1) is 0 Å². The van der Waals surface area contributed by atoms with Crippen molar-refractivity contribution >= 4 is 18.3 Å². The van der Waals surface area contributed by atoms with Crippen LogP contribution in [0.2, 0.25) is 0 Å². The van der Waals surface area contributed by atoms with Gasteiger partial charge in [-0.25, -0.2) is 0 Å². The van der Waals surface area contributed by atoms with Crippen LogP contribution in [-0.4, -0.2) is 61.5 Å². The van der Waals surface area contributed by atoms with Gasteiger partial charge in [0.25, 0.3) is 0 Å². The number of rotatable bonds is 3. The van der Waals surface area contributed by atoms with Gasteiger partial charge >= 0.3 is 0 Å². The first-order valence-corrected chi connectivity index (χ1v) is 6.84. The Balaban J connectivity index is 0.00000162. The lowest BCUT2D eigenvalue weighted by Gasteiger charge is -2.35. The Labute approximate surface area is 116 Å². The van der Waals surface area contributed by atoms with E-state index in [0.29, 0.717) is 24.4 Å². The molecule has 0 saturated carbocycles. The Morgan fingerprint density at radius 3 is 2.56 bits per heavy atom. The third-order valence-electron chi connectivity index (χ3n) is 4.21. The smallest absolute Gasteiger partial charge is 0.224 e. The van der Waals surface area contributed by atoms with Gasteiger partial charge in [0.1, 0.15) is 0 Å². The maximum absolute atomic E-state index is 12.2. The van der Waals surface area contributed by atoms with E-state index in [2.05, 4.69) is 17.3 Å². The largest absolute Gasteiger partial charge is 0.343 e. The van der Waals surface area contributed by atoms with Crippen LogP contribution in [0.25, 0.3) is 0 Å². The molecule has 0 radical (unpaired) electrons. The first-order chi connectivity index (χ1) is 8.16. The van der Waals surface area contributed by atoms with Gasteiger partial charge < -0.3 is 15.1 Å². The molecule has 1 atom stereocenters. The fourth-order valence-electron chi connectivity index (χ4n) is 2.87. The molecule has 5 heteroatoms. The molecule has 0 aromatic heterocycles. The SMILES string of the molecule is CN1CCC(N(C)C(=O)CC2CCCN2)CC1.Cl. The highest BCUT2D eigenvalue weighted by molar-refractivity contribution is 5.85. The minimum Gasteiger partial charge on any atom is -0.343 e. The van der Waals surface area contributed by atoms with Gasteiger partial charge in [-0.1, -0.05) is 0 Å². The van der Waals surface area contributed by atoms with Crippen molar-refractivity contribution in [3.63, 3.8) is 0 Å². The van der Waals surface area contributed by atoms with Gasteiger partial charge in [0.15, 0.2) is 0 Å². The third-order valence-corrected chi connectivity index (χ3v) is 4.21. The quantitative estimate of drug-likeness (QED) is 0.838. The molecular formula is C13H26ClN3O. The standard InChI is InChI=1S/C13H25N3O.ClH/c1-15-8-5-12(6-9-15)16(2)13(17)10-11-4-3-7-14-11;/h11-12,14H,3-10H2,1-2H3;1H. The number of nitrogens with zero attached hydrogens (tertiary/aromatic N) is 2. The van der Waals surface area contributed by atoms with Gasteiger partial charge in [0.2, 0.25) is 5.91 Å². The molecule has 1 unspecified atom stereocenters. The van der Waals surface area contributed by atoms with E-state index < -0.39 is 0 Å². The number of hydrogen-bond donors (Lipinski definition) is 1. The van der Waals surface area contributed by atoms with E-state index in [1.165, 1.54) is 6.42 Å².